The molecule has 0 radical (unpaired) electrons. The molecule has 3 aromatic rings. The molecule has 0 saturated carbocycles. The maximum atomic E-state index is 12.5. The number of ketones is 1. The average Bonchev–Trinajstić information content (AvgIpc) is 2.77. The molecule has 3 rings (SSSR count). The molecule has 0 N–H and O–H groups in total. The molecular formula is C24H25NO5S. The van der Waals surface area contributed by atoms with Crippen molar-refractivity contribution in [2.75, 3.05) is 0 Å². The number of benzene rings is 2. The van der Waals surface area contributed by atoms with Crippen molar-refractivity contribution in [1.82, 2.24) is 0 Å². The van der Waals surface area contributed by atoms with Crippen LogP contribution in [0.4, 0.5) is 0 Å². The summed E-state index contributed by atoms with van der Waals surface area (Å²) >= 11 is 1.57. The van der Waals surface area contributed by atoms with Gasteiger partial charge >= 0.3 is 5.97 Å². The molecular weight excluding hydrogens is 414 g/mol. The molecule has 0 aliphatic heterocycles. The van der Waals surface area contributed by atoms with Gasteiger partial charge in [0.25, 0.3) is 0 Å². The Morgan fingerprint density at radius 3 is 2.48 bits per heavy atom. The molecule has 0 spiro atoms. The first-order chi connectivity index (χ1) is 15.0. The Morgan fingerprint density at radius 1 is 1.03 bits per heavy atom. The van der Waals surface area contributed by atoms with Gasteiger partial charge in [-0.05, 0) is 36.2 Å². The van der Waals surface area contributed by atoms with Crippen molar-refractivity contribution in [2.45, 2.75) is 46.0 Å². The first-order valence-corrected chi connectivity index (χ1v) is 10.9. The first-order valence-electron chi connectivity index (χ1n) is 10.1. The molecule has 0 aliphatic carbocycles. The van der Waals surface area contributed by atoms with E-state index in [2.05, 4.69) is 16.9 Å². The Balaban J connectivity index is 0.000000291. The zero-order valence-electron chi connectivity index (χ0n) is 17.6. The second kappa shape index (κ2) is 12.5. The van der Waals surface area contributed by atoms with Crippen LogP contribution in [0.15, 0.2) is 52.4 Å². The van der Waals surface area contributed by atoms with E-state index in [1.165, 1.54) is 13.1 Å². The smallest absolute Gasteiger partial charge is 0.319 e. The SMILES string of the molecule is CC(=O)ON=Cc1ccc2sc3ccccc3c(=O)c2c1.CCCCCCC(=O)C=O. The molecule has 2 aromatic carbocycles. The topological polar surface area (TPSA) is 89.9 Å². The van der Waals surface area contributed by atoms with E-state index in [0.717, 1.165) is 35.1 Å². The van der Waals surface area contributed by atoms with E-state index in [9.17, 15) is 19.2 Å². The Morgan fingerprint density at radius 2 is 1.77 bits per heavy atom. The second-order valence-corrected chi connectivity index (χ2v) is 7.98. The van der Waals surface area contributed by atoms with Gasteiger partial charge in [-0.2, -0.15) is 0 Å². The summed E-state index contributed by atoms with van der Waals surface area (Å²) in [7, 11) is 0. The van der Waals surface area contributed by atoms with Crippen LogP contribution in [0.1, 0.15) is 51.5 Å². The Labute approximate surface area is 184 Å². The van der Waals surface area contributed by atoms with Gasteiger partial charge in [0.15, 0.2) is 17.5 Å². The van der Waals surface area contributed by atoms with Crippen LogP contribution in [-0.4, -0.2) is 24.3 Å². The Kier molecular flexibility index (Phi) is 9.71. The Hall–Kier alpha value is -3.19. The summed E-state index contributed by atoms with van der Waals surface area (Å²) in [6.45, 7) is 3.39. The number of unbranched alkanes of at least 4 members (excludes halogenated alkanes) is 3. The number of hydrogen-bond donors (Lipinski definition) is 0. The molecule has 0 bridgehead atoms. The third-order valence-corrected chi connectivity index (χ3v) is 5.54. The zero-order valence-corrected chi connectivity index (χ0v) is 18.4. The van der Waals surface area contributed by atoms with Gasteiger partial charge in [0, 0.05) is 33.5 Å². The van der Waals surface area contributed by atoms with Gasteiger partial charge in [-0.15, -0.1) is 11.3 Å². The number of aldehydes is 1. The molecule has 0 saturated heterocycles. The van der Waals surface area contributed by atoms with Crippen molar-refractivity contribution in [1.29, 1.82) is 0 Å². The van der Waals surface area contributed by atoms with Gasteiger partial charge in [-0.3, -0.25) is 14.4 Å². The fraction of sp³-hybridized carbons (Fsp3) is 0.292. The molecule has 0 atom stereocenters. The number of hydrogen-bond acceptors (Lipinski definition) is 7. The average molecular weight is 440 g/mol. The maximum absolute atomic E-state index is 12.5. The molecule has 0 amide bonds. The number of rotatable bonds is 8. The van der Waals surface area contributed by atoms with Gasteiger partial charge in [0.1, 0.15) is 0 Å². The lowest BCUT2D eigenvalue weighted by molar-refractivity contribution is -0.140. The fourth-order valence-corrected chi connectivity index (χ4v) is 3.90. The van der Waals surface area contributed by atoms with Crippen molar-refractivity contribution >= 4 is 55.8 Å². The van der Waals surface area contributed by atoms with E-state index >= 15 is 0 Å². The van der Waals surface area contributed by atoms with Crippen LogP contribution in [0.25, 0.3) is 20.2 Å². The highest BCUT2D eigenvalue weighted by atomic mass is 32.1. The summed E-state index contributed by atoms with van der Waals surface area (Å²) in [5.74, 6) is -0.749. The van der Waals surface area contributed by atoms with E-state index in [4.69, 9.17) is 0 Å². The summed E-state index contributed by atoms with van der Waals surface area (Å²) in [6, 6.07) is 13.0. The van der Waals surface area contributed by atoms with Gasteiger partial charge < -0.3 is 4.84 Å². The van der Waals surface area contributed by atoms with Crippen molar-refractivity contribution in [3.05, 3.63) is 58.3 Å². The summed E-state index contributed by atoms with van der Waals surface area (Å²) in [6.07, 6.45) is 6.51. The minimum Gasteiger partial charge on any atom is -0.319 e. The summed E-state index contributed by atoms with van der Waals surface area (Å²) in [5.41, 5.74) is 0.713. The molecule has 0 fully saturated rings. The highest BCUT2D eigenvalue weighted by Gasteiger charge is 2.06. The third kappa shape index (κ3) is 7.53. The number of oxime groups is 1. The number of carbonyl (C=O) groups is 3. The minimum atomic E-state index is -0.482. The quantitative estimate of drug-likeness (QED) is 0.0933. The summed E-state index contributed by atoms with van der Waals surface area (Å²) < 4.78 is 1.89. The van der Waals surface area contributed by atoms with Gasteiger partial charge in [0.05, 0.1) is 6.21 Å². The molecule has 1 heterocycles. The molecule has 162 valence electrons. The van der Waals surface area contributed by atoms with Crippen molar-refractivity contribution in [3.63, 3.8) is 0 Å². The highest BCUT2D eigenvalue weighted by Crippen LogP contribution is 2.24. The van der Waals surface area contributed by atoms with E-state index < -0.39 is 5.97 Å². The lowest BCUT2D eigenvalue weighted by atomic mass is 10.1. The molecule has 31 heavy (non-hydrogen) atoms. The largest absolute Gasteiger partial charge is 0.331 e. The predicted octanol–water partition coefficient (Wildman–Crippen LogP) is 5.04. The number of Topliss-reactive ketones (excluding diaryl/α,β-unsaturated/α-hetero) is 1. The third-order valence-electron chi connectivity index (χ3n) is 4.39. The van der Waals surface area contributed by atoms with Crippen LogP contribution in [0.3, 0.4) is 0 Å². The van der Waals surface area contributed by atoms with E-state index in [-0.39, 0.29) is 11.2 Å². The van der Waals surface area contributed by atoms with E-state index in [0.29, 0.717) is 29.0 Å². The van der Waals surface area contributed by atoms with Crippen molar-refractivity contribution < 1.29 is 19.2 Å². The number of carbonyl (C=O) groups excluding carboxylic acids is 3. The van der Waals surface area contributed by atoms with Crippen molar-refractivity contribution in [2.24, 2.45) is 5.16 Å². The van der Waals surface area contributed by atoms with Crippen LogP contribution in [0.5, 0.6) is 0 Å². The number of fused-ring (bicyclic) bond motifs is 2. The molecule has 7 heteroatoms. The zero-order chi connectivity index (χ0) is 22.6. The van der Waals surface area contributed by atoms with Crippen LogP contribution in [0, 0.1) is 0 Å². The normalized spacial score (nSPS) is 10.6. The van der Waals surface area contributed by atoms with Gasteiger partial charge in [-0.1, -0.05) is 49.5 Å². The Bertz CT molecular complexity index is 1150. The monoisotopic (exact) mass is 439 g/mol. The van der Waals surface area contributed by atoms with Crippen molar-refractivity contribution in [3.8, 4) is 0 Å². The molecule has 0 unspecified atom stereocenters. The first kappa shape index (κ1) is 24.1. The van der Waals surface area contributed by atoms with Gasteiger partial charge in [-0.25, -0.2) is 4.79 Å². The van der Waals surface area contributed by atoms with E-state index in [1.807, 2.05) is 36.4 Å². The standard InChI is InChI=1S/C16H11NO3S.C8H14O2/c1-10(18)20-17-9-11-6-7-15-13(8-11)16(19)12-4-2-3-5-14(12)21-15;1-2-3-4-5-6-8(10)7-9/h2-9H,1H3;7H,2-6H2,1H3. The lowest BCUT2D eigenvalue weighted by Gasteiger charge is -2.01. The minimum absolute atomic E-state index is 0.00193. The van der Waals surface area contributed by atoms with Gasteiger partial charge in [0.2, 0.25) is 0 Å². The molecule has 6 nitrogen and oxygen atoms in total. The molecule has 1 aromatic heterocycles. The van der Waals surface area contributed by atoms with Crippen LogP contribution >= 0.6 is 11.3 Å². The van der Waals surface area contributed by atoms with Crippen LogP contribution in [-0.2, 0) is 19.2 Å². The number of nitrogens with zero attached hydrogens (tertiary/aromatic N) is 1. The lowest BCUT2D eigenvalue weighted by Crippen LogP contribution is -2.01. The fourth-order valence-electron chi connectivity index (χ4n) is 2.85. The van der Waals surface area contributed by atoms with Crippen LogP contribution < -0.4 is 5.43 Å². The second-order valence-electron chi connectivity index (χ2n) is 6.90. The van der Waals surface area contributed by atoms with E-state index in [1.54, 1.807) is 17.4 Å². The maximum Gasteiger partial charge on any atom is 0.331 e. The summed E-state index contributed by atoms with van der Waals surface area (Å²) in [4.78, 5) is 47.9. The highest BCUT2D eigenvalue weighted by molar-refractivity contribution is 7.24. The van der Waals surface area contributed by atoms with Crippen LogP contribution in [0.2, 0.25) is 0 Å². The predicted molar refractivity (Wildman–Crippen MR) is 125 cm³/mol. The molecule has 0 aliphatic rings. The summed E-state index contributed by atoms with van der Waals surface area (Å²) in [5, 5.41) is 4.92.